The monoisotopic (exact) mass is 428 g/mol. The molecule has 1 aromatic carbocycles. The first-order chi connectivity index (χ1) is 14.4. The third kappa shape index (κ3) is 3.28. The van der Waals surface area contributed by atoms with Gasteiger partial charge in [-0.3, -0.25) is 9.78 Å². The fourth-order valence-corrected chi connectivity index (χ4v) is 5.86. The predicted octanol–water partition coefficient (Wildman–Crippen LogP) is 4.32. The van der Waals surface area contributed by atoms with E-state index in [9.17, 15) is 4.79 Å². The Labute approximate surface area is 181 Å². The Morgan fingerprint density at radius 2 is 2.10 bits per heavy atom. The maximum absolute atomic E-state index is 12.7. The molecule has 2 atom stereocenters. The summed E-state index contributed by atoms with van der Waals surface area (Å²) < 4.78 is 18.4. The number of aromatic nitrogens is 1. The molecule has 2 aromatic rings. The topological polar surface area (TPSA) is 60.9 Å². The average Bonchev–Trinajstić information content (AvgIpc) is 3.29. The van der Waals surface area contributed by atoms with E-state index in [1.165, 1.54) is 11.3 Å². The van der Waals surface area contributed by atoms with Crippen molar-refractivity contribution < 1.29 is 19.0 Å². The largest absolute Gasteiger partial charge is 0.497 e. The van der Waals surface area contributed by atoms with Crippen molar-refractivity contribution in [2.24, 2.45) is 11.3 Å². The number of fused-ring (bicyclic) bond motifs is 3. The molecule has 1 amide bonds. The third-order valence-corrected chi connectivity index (χ3v) is 7.89. The van der Waals surface area contributed by atoms with E-state index >= 15 is 0 Å². The van der Waals surface area contributed by atoms with Crippen LogP contribution >= 0.6 is 11.3 Å². The summed E-state index contributed by atoms with van der Waals surface area (Å²) in [5.41, 5.74) is 2.59. The van der Waals surface area contributed by atoms with Gasteiger partial charge in [-0.1, -0.05) is 0 Å². The number of carbonyl (C=O) groups excluding carboxylic acids is 1. The first-order valence-electron chi connectivity index (χ1n) is 10.6. The quantitative estimate of drug-likeness (QED) is 0.713. The number of methoxy groups -OCH3 is 1. The van der Waals surface area contributed by atoms with Gasteiger partial charge in [-0.25, -0.2) is 0 Å². The van der Waals surface area contributed by atoms with Gasteiger partial charge < -0.3 is 19.1 Å². The number of carbonyl (C=O) groups is 1. The Hall–Kier alpha value is -2.12. The van der Waals surface area contributed by atoms with Crippen molar-refractivity contribution in [3.8, 4) is 11.5 Å². The van der Waals surface area contributed by atoms with Crippen LogP contribution in [0.2, 0.25) is 0 Å². The predicted molar refractivity (Wildman–Crippen MR) is 114 cm³/mol. The van der Waals surface area contributed by atoms with Gasteiger partial charge in [-0.15, -0.1) is 11.3 Å². The molecule has 0 saturated carbocycles. The lowest BCUT2D eigenvalue weighted by molar-refractivity contribution is -0.173. The molecule has 160 valence electrons. The average molecular weight is 429 g/mol. The third-order valence-electron chi connectivity index (χ3n) is 7.13. The van der Waals surface area contributed by atoms with Crippen LogP contribution in [0.3, 0.4) is 0 Å². The maximum Gasteiger partial charge on any atom is 0.265 e. The summed E-state index contributed by atoms with van der Waals surface area (Å²) in [7, 11) is 1.69. The summed E-state index contributed by atoms with van der Waals surface area (Å²) in [6.07, 6.45) is 4.65. The molecule has 7 heteroatoms. The van der Waals surface area contributed by atoms with E-state index in [2.05, 4.69) is 24.9 Å². The van der Waals surface area contributed by atoms with E-state index < -0.39 is 0 Å². The van der Waals surface area contributed by atoms with Gasteiger partial charge in [0.05, 0.1) is 31.5 Å². The summed E-state index contributed by atoms with van der Waals surface area (Å²) in [5.74, 6) is 2.08. The van der Waals surface area contributed by atoms with Crippen LogP contribution in [0.15, 0.2) is 29.9 Å². The maximum atomic E-state index is 12.7. The van der Waals surface area contributed by atoms with Gasteiger partial charge in [0.2, 0.25) is 0 Å². The van der Waals surface area contributed by atoms with E-state index in [-0.39, 0.29) is 28.9 Å². The molecule has 2 saturated heterocycles. The van der Waals surface area contributed by atoms with Gasteiger partial charge in [0.25, 0.3) is 5.91 Å². The summed E-state index contributed by atoms with van der Waals surface area (Å²) in [5, 5.41) is 0. The molecule has 3 aliphatic heterocycles. The Bertz CT molecular complexity index is 935. The van der Waals surface area contributed by atoms with E-state index in [4.69, 9.17) is 14.2 Å². The number of hydrogen-bond acceptors (Lipinski definition) is 6. The molecule has 1 spiro atoms. The first kappa shape index (κ1) is 19.8. The van der Waals surface area contributed by atoms with Gasteiger partial charge >= 0.3 is 0 Å². The highest BCUT2D eigenvalue weighted by molar-refractivity contribution is 7.11. The summed E-state index contributed by atoms with van der Waals surface area (Å²) in [6.45, 7) is 6.60. The Morgan fingerprint density at radius 3 is 2.80 bits per heavy atom. The van der Waals surface area contributed by atoms with E-state index in [1.807, 2.05) is 17.0 Å². The number of benzene rings is 1. The van der Waals surface area contributed by atoms with Gasteiger partial charge in [0, 0.05) is 24.6 Å². The molecule has 0 unspecified atom stereocenters. The second-order valence-corrected chi connectivity index (χ2v) is 10.2. The number of rotatable bonds is 2. The lowest BCUT2D eigenvalue weighted by Crippen LogP contribution is -2.54. The smallest absolute Gasteiger partial charge is 0.265 e. The second-order valence-electron chi connectivity index (χ2n) is 9.31. The second kappa shape index (κ2) is 7.24. The standard InChI is InChI=1S/C23H28N2O4S/c1-22(2)17-11-23(6-8-25(9-7-23)21(26)19-12-24-14-30-19)13-28-20(17)16-10-15(27-3)4-5-18(16)29-22/h4-5,10,12,14,17,20H,6-9,11,13H2,1-3H3/t17-,20+/m0/s1. The van der Waals surface area contributed by atoms with Crippen molar-refractivity contribution in [2.45, 2.75) is 44.8 Å². The lowest BCUT2D eigenvalue weighted by atomic mass is 9.64. The van der Waals surface area contributed by atoms with Crippen LogP contribution in [0.25, 0.3) is 0 Å². The molecule has 4 heterocycles. The van der Waals surface area contributed by atoms with Gasteiger partial charge in [0.1, 0.15) is 22.0 Å². The fraction of sp³-hybridized carbons (Fsp3) is 0.565. The molecule has 3 aliphatic rings. The molecular weight excluding hydrogens is 400 g/mol. The van der Waals surface area contributed by atoms with Crippen LogP contribution in [0, 0.1) is 11.3 Å². The lowest BCUT2D eigenvalue weighted by Gasteiger charge is -2.54. The minimum absolute atomic E-state index is 0.0151. The molecule has 5 rings (SSSR count). The van der Waals surface area contributed by atoms with Crippen molar-refractivity contribution in [1.29, 1.82) is 0 Å². The number of likely N-dealkylation sites (tertiary alicyclic amines) is 1. The molecule has 0 radical (unpaired) electrons. The van der Waals surface area contributed by atoms with E-state index in [1.54, 1.807) is 18.8 Å². The van der Waals surface area contributed by atoms with E-state index in [0.717, 1.165) is 60.9 Å². The van der Waals surface area contributed by atoms with Crippen LogP contribution in [-0.2, 0) is 4.74 Å². The van der Waals surface area contributed by atoms with Crippen molar-refractivity contribution in [3.05, 3.63) is 40.3 Å². The first-order valence-corrected chi connectivity index (χ1v) is 11.5. The zero-order valence-electron chi connectivity index (χ0n) is 17.7. The number of hydrogen-bond donors (Lipinski definition) is 0. The molecule has 30 heavy (non-hydrogen) atoms. The summed E-state index contributed by atoms with van der Waals surface area (Å²) in [4.78, 5) is 19.4. The number of amides is 1. The minimum Gasteiger partial charge on any atom is -0.497 e. The highest BCUT2D eigenvalue weighted by Gasteiger charge is 2.53. The van der Waals surface area contributed by atoms with Gasteiger partial charge in [-0.05, 0) is 56.7 Å². The summed E-state index contributed by atoms with van der Waals surface area (Å²) >= 11 is 1.41. The van der Waals surface area contributed by atoms with E-state index in [0.29, 0.717) is 0 Å². The number of ether oxygens (including phenoxy) is 3. The molecule has 0 bridgehead atoms. The molecule has 0 N–H and O–H groups in total. The fourth-order valence-electron chi connectivity index (χ4n) is 5.27. The molecule has 6 nitrogen and oxygen atoms in total. The SMILES string of the molecule is COc1ccc2c(c1)[C@H]1OCC3(CCN(C(=O)c4cncs4)CC3)C[C@@H]1C(C)(C)O2. The molecule has 2 fully saturated rings. The number of nitrogens with zero attached hydrogens (tertiary/aromatic N) is 2. The molecular formula is C23H28N2O4S. The van der Waals surface area contributed by atoms with Gasteiger partial charge in [0.15, 0.2) is 0 Å². The number of piperidine rings is 1. The molecule has 0 aliphatic carbocycles. The summed E-state index contributed by atoms with van der Waals surface area (Å²) in [6, 6.07) is 5.98. The van der Waals surface area contributed by atoms with Crippen LogP contribution < -0.4 is 9.47 Å². The van der Waals surface area contributed by atoms with Crippen molar-refractivity contribution in [2.75, 3.05) is 26.8 Å². The highest BCUT2D eigenvalue weighted by atomic mass is 32.1. The van der Waals surface area contributed by atoms with Crippen molar-refractivity contribution in [3.63, 3.8) is 0 Å². The van der Waals surface area contributed by atoms with Crippen molar-refractivity contribution >= 4 is 17.2 Å². The normalized spacial score (nSPS) is 26.4. The zero-order chi connectivity index (χ0) is 20.9. The Balaban J connectivity index is 1.34. The zero-order valence-corrected chi connectivity index (χ0v) is 18.5. The Kier molecular flexibility index (Phi) is 4.78. The Morgan fingerprint density at radius 1 is 1.30 bits per heavy atom. The van der Waals surface area contributed by atoms with Crippen molar-refractivity contribution in [1.82, 2.24) is 9.88 Å². The molecule has 1 aromatic heterocycles. The highest BCUT2D eigenvalue weighted by Crippen LogP contribution is 2.56. The van der Waals surface area contributed by atoms with Crippen LogP contribution in [0.4, 0.5) is 0 Å². The van der Waals surface area contributed by atoms with Crippen LogP contribution in [0.5, 0.6) is 11.5 Å². The minimum atomic E-state index is -0.310. The van der Waals surface area contributed by atoms with Crippen LogP contribution in [0.1, 0.15) is 54.4 Å². The van der Waals surface area contributed by atoms with Crippen LogP contribution in [-0.4, -0.2) is 48.2 Å². The number of thiazole rings is 1. The van der Waals surface area contributed by atoms with Gasteiger partial charge in [-0.2, -0.15) is 0 Å².